The lowest BCUT2D eigenvalue weighted by Crippen LogP contribution is -1.95. The van der Waals surface area contributed by atoms with E-state index < -0.39 is 0 Å². The number of pyridine rings is 1. The Kier molecular flexibility index (Phi) is 3.09. The van der Waals surface area contributed by atoms with Crippen LogP contribution in [0.2, 0.25) is 0 Å². The zero-order chi connectivity index (χ0) is 10.5. The molecular formula is C11H9NO2S. The van der Waals surface area contributed by atoms with E-state index >= 15 is 0 Å². The molecule has 0 fully saturated rings. The highest BCUT2D eigenvalue weighted by Crippen LogP contribution is 2.12. The highest BCUT2D eigenvalue weighted by Gasteiger charge is 1.97. The van der Waals surface area contributed by atoms with Crippen molar-refractivity contribution >= 4 is 17.6 Å². The van der Waals surface area contributed by atoms with Gasteiger partial charge in [0.25, 0.3) is 0 Å². The first-order valence-electron chi connectivity index (χ1n) is 4.43. The quantitative estimate of drug-likeness (QED) is 0.742. The summed E-state index contributed by atoms with van der Waals surface area (Å²) in [4.78, 5) is 14.3. The minimum absolute atomic E-state index is 0.415. The van der Waals surface area contributed by atoms with Gasteiger partial charge in [0.15, 0.2) is 6.29 Å². The Morgan fingerprint density at radius 3 is 2.93 bits per heavy atom. The molecule has 0 N–H and O–H groups in total. The van der Waals surface area contributed by atoms with Crippen LogP contribution in [0.3, 0.4) is 0 Å². The van der Waals surface area contributed by atoms with Gasteiger partial charge in [0.1, 0.15) is 18.1 Å². The fourth-order valence-corrected chi connectivity index (χ4v) is 1.74. The maximum absolute atomic E-state index is 10.4. The summed E-state index contributed by atoms with van der Waals surface area (Å²) in [5.41, 5.74) is 1.55. The standard InChI is InChI=1S/C11H9NO2S/c13-6-10-1-2-11(5-12-10)14-7-9-3-4-15-8-9/h1-6,8H,7H2. The van der Waals surface area contributed by atoms with E-state index in [9.17, 15) is 4.79 Å². The summed E-state index contributed by atoms with van der Waals surface area (Å²) in [5.74, 6) is 0.673. The number of carbonyl (C=O) groups is 1. The molecule has 0 radical (unpaired) electrons. The molecule has 0 atom stereocenters. The normalized spacial score (nSPS) is 9.87. The van der Waals surface area contributed by atoms with Crippen LogP contribution in [0.1, 0.15) is 16.1 Å². The van der Waals surface area contributed by atoms with Crippen LogP contribution in [0.5, 0.6) is 5.75 Å². The summed E-state index contributed by atoms with van der Waals surface area (Å²) in [5, 5.41) is 4.04. The molecule has 0 spiro atoms. The molecule has 0 aromatic carbocycles. The molecular weight excluding hydrogens is 210 g/mol. The summed E-state index contributed by atoms with van der Waals surface area (Å²) < 4.78 is 5.48. The second kappa shape index (κ2) is 4.70. The molecule has 2 rings (SSSR count). The van der Waals surface area contributed by atoms with Gasteiger partial charge in [0, 0.05) is 0 Å². The molecule has 4 heteroatoms. The third-order valence-electron chi connectivity index (χ3n) is 1.87. The topological polar surface area (TPSA) is 39.2 Å². The van der Waals surface area contributed by atoms with E-state index in [0.29, 0.717) is 24.3 Å². The molecule has 15 heavy (non-hydrogen) atoms. The molecule has 2 heterocycles. The van der Waals surface area contributed by atoms with Crippen molar-refractivity contribution in [3.63, 3.8) is 0 Å². The molecule has 0 aliphatic rings. The van der Waals surface area contributed by atoms with Crippen molar-refractivity contribution in [2.45, 2.75) is 6.61 Å². The van der Waals surface area contributed by atoms with Crippen LogP contribution in [-0.2, 0) is 6.61 Å². The third-order valence-corrected chi connectivity index (χ3v) is 2.60. The van der Waals surface area contributed by atoms with Crippen molar-refractivity contribution in [2.75, 3.05) is 0 Å². The molecule has 3 nitrogen and oxygen atoms in total. The van der Waals surface area contributed by atoms with E-state index in [4.69, 9.17) is 4.74 Å². The maximum Gasteiger partial charge on any atom is 0.168 e. The number of aromatic nitrogens is 1. The number of ether oxygens (including phenoxy) is 1. The molecule has 0 saturated carbocycles. The van der Waals surface area contributed by atoms with Crippen LogP contribution < -0.4 is 4.74 Å². The van der Waals surface area contributed by atoms with Gasteiger partial charge in [0.05, 0.1) is 6.20 Å². The van der Waals surface area contributed by atoms with Gasteiger partial charge >= 0.3 is 0 Å². The summed E-state index contributed by atoms with van der Waals surface area (Å²) in [6.07, 6.45) is 2.26. The minimum Gasteiger partial charge on any atom is -0.487 e. The maximum atomic E-state index is 10.4. The van der Waals surface area contributed by atoms with Crippen molar-refractivity contribution < 1.29 is 9.53 Å². The molecule has 2 aromatic rings. The van der Waals surface area contributed by atoms with Crippen molar-refractivity contribution in [3.8, 4) is 5.75 Å². The SMILES string of the molecule is O=Cc1ccc(OCc2ccsc2)cn1. The highest BCUT2D eigenvalue weighted by molar-refractivity contribution is 7.07. The van der Waals surface area contributed by atoms with Gasteiger partial charge in [-0.2, -0.15) is 11.3 Å². The van der Waals surface area contributed by atoms with E-state index in [0.717, 1.165) is 5.56 Å². The van der Waals surface area contributed by atoms with E-state index in [1.807, 2.05) is 16.8 Å². The Bertz CT molecular complexity index is 422. The third kappa shape index (κ3) is 2.63. The van der Waals surface area contributed by atoms with Gasteiger partial charge in [-0.1, -0.05) is 0 Å². The Morgan fingerprint density at radius 1 is 1.40 bits per heavy atom. The van der Waals surface area contributed by atoms with E-state index in [1.54, 1.807) is 29.7 Å². The van der Waals surface area contributed by atoms with Crippen molar-refractivity contribution in [1.82, 2.24) is 4.98 Å². The van der Waals surface area contributed by atoms with E-state index in [1.165, 1.54) is 0 Å². The first-order valence-corrected chi connectivity index (χ1v) is 5.38. The highest BCUT2D eigenvalue weighted by atomic mass is 32.1. The number of aldehydes is 1. The Morgan fingerprint density at radius 2 is 2.33 bits per heavy atom. The van der Waals surface area contributed by atoms with Gasteiger partial charge in [-0.15, -0.1) is 0 Å². The lowest BCUT2D eigenvalue weighted by Gasteiger charge is -2.03. The molecule has 0 aliphatic carbocycles. The number of carbonyl (C=O) groups excluding carboxylic acids is 1. The number of rotatable bonds is 4. The predicted octanol–water partition coefficient (Wildman–Crippen LogP) is 2.53. The van der Waals surface area contributed by atoms with Crippen LogP contribution in [0, 0.1) is 0 Å². The summed E-state index contributed by atoms with van der Waals surface area (Å²) >= 11 is 1.64. The summed E-state index contributed by atoms with van der Waals surface area (Å²) in [6, 6.07) is 5.39. The first-order chi connectivity index (χ1) is 7.38. The molecule has 0 unspecified atom stereocenters. The zero-order valence-corrected chi connectivity index (χ0v) is 8.74. The van der Waals surface area contributed by atoms with Crippen LogP contribution in [0.15, 0.2) is 35.2 Å². The smallest absolute Gasteiger partial charge is 0.168 e. The van der Waals surface area contributed by atoms with Gasteiger partial charge in [-0.25, -0.2) is 4.98 Å². The summed E-state index contributed by atoms with van der Waals surface area (Å²) in [7, 11) is 0. The fourth-order valence-electron chi connectivity index (χ4n) is 1.09. The molecule has 0 aliphatic heterocycles. The molecule has 0 bridgehead atoms. The van der Waals surface area contributed by atoms with Crippen LogP contribution >= 0.6 is 11.3 Å². The lowest BCUT2D eigenvalue weighted by atomic mass is 10.3. The van der Waals surface area contributed by atoms with Crippen LogP contribution in [0.25, 0.3) is 0 Å². The predicted molar refractivity (Wildman–Crippen MR) is 58.3 cm³/mol. The van der Waals surface area contributed by atoms with Crippen LogP contribution in [-0.4, -0.2) is 11.3 Å². The van der Waals surface area contributed by atoms with E-state index in [-0.39, 0.29) is 0 Å². The average Bonchev–Trinajstić information content (AvgIpc) is 2.80. The Hall–Kier alpha value is -1.68. The van der Waals surface area contributed by atoms with Crippen molar-refractivity contribution in [2.24, 2.45) is 0 Å². The number of nitrogens with zero attached hydrogens (tertiary/aromatic N) is 1. The van der Waals surface area contributed by atoms with Crippen LogP contribution in [0.4, 0.5) is 0 Å². The van der Waals surface area contributed by atoms with E-state index in [2.05, 4.69) is 4.98 Å². The zero-order valence-electron chi connectivity index (χ0n) is 7.92. The molecule has 0 amide bonds. The van der Waals surface area contributed by atoms with Gasteiger partial charge in [0.2, 0.25) is 0 Å². The molecule has 2 aromatic heterocycles. The molecule has 0 saturated heterocycles. The number of thiophene rings is 1. The first kappa shape index (κ1) is 9.86. The Balaban J connectivity index is 1.96. The monoisotopic (exact) mass is 219 g/mol. The van der Waals surface area contributed by atoms with Crippen molar-refractivity contribution in [3.05, 3.63) is 46.4 Å². The largest absolute Gasteiger partial charge is 0.487 e. The second-order valence-electron chi connectivity index (χ2n) is 2.96. The van der Waals surface area contributed by atoms with Gasteiger partial charge < -0.3 is 4.74 Å². The minimum atomic E-state index is 0.415. The Labute approximate surface area is 91.4 Å². The second-order valence-corrected chi connectivity index (χ2v) is 3.74. The number of hydrogen-bond donors (Lipinski definition) is 0. The average molecular weight is 219 g/mol. The van der Waals surface area contributed by atoms with Crippen molar-refractivity contribution in [1.29, 1.82) is 0 Å². The number of hydrogen-bond acceptors (Lipinski definition) is 4. The fraction of sp³-hybridized carbons (Fsp3) is 0.0909. The summed E-state index contributed by atoms with van der Waals surface area (Å²) in [6.45, 7) is 0.533. The lowest BCUT2D eigenvalue weighted by molar-refractivity contribution is 0.111. The van der Waals surface area contributed by atoms with Gasteiger partial charge in [-0.3, -0.25) is 4.79 Å². The molecule has 76 valence electrons. The van der Waals surface area contributed by atoms with Gasteiger partial charge in [-0.05, 0) is 34.5 Å².